The summed E-state index contributed by atoms with van der Waals surface area (Å²) in [6.07, 6.45) is 1.75. The van der Waals surface area contributed by atoms with Gasteiger partial charge in [-0.2, -0.15) is 0 Å². The molecule has 6 nitrogen and oxygen atoms in total. The number of thiophene rings is 1. The zero-order valence-electron chi connectivity index (χ0n) is 16.3. The van der Waals surface area contributed by atoms with Gasteiger partial charge < -0.3 is 9.88 Å². The lowest BCUT2D eigenvalue weighted by Crippen LogP contribution is -2.43. The number of para-hydroxylation sites is 2. The van der Waals surface area contributed by atoms with Crippen molar-refractivity contribution in [2.75, 3.05) is 26.7 Å². The van der Waals surface area contributed by atoms with Crippen LogP contribution in [0.5, 0.6) is 0 Å². The molecular formula is C21H26N4O2S. The van der Waals surface area contributed by atoms with E-state index in [4.69, 9.17) is 0 Å². The molecule has 28 heavy (non-hydrogen) atoms. The van der Waals surface area contributed by atoms with Crippen LogP contribution in [0.15, 0.2) is 46.6 Å². The summed E-state index contributed by atoms with van der Waals surface area (Å²) in [7, 11) is 1.88. The quantitative estimate of drug-likeness (QED) is 0.718. The van der Waals surface area contributed by atoms with Crippen molar-refractivity contribution in [3.63, 3.8) is 0 Å². The van der Waals surface area contributed by atoms with E-state index in [1.165, 1.54) is 4.88 Å². The molecule has 1 unspecified atom stereocenters. The first-order valence-electron chi connectivity index (χ1n) is 9.75. The lowest BCUT2D eigenvalue weighted by Gasteiger charge is -2.34. The van der Waals surface area contributed by atoms with Crippen LogP contribution >= 0.6 is 11.3 Å². The highest BCUT2D eigenvalue weighted by Crippen LogP contribution is 2.26. The molecule has 0 saturated carbocycles. The average Bonchev–Trinajstić information content (AvgIpc) is 3.35. The molecule has 3 aromatic rings. The van der Waals surface area contributed by atoms with Crippen molar-refractivity contribution in [3.8, 4) is 0 Å². The molecule has 2 aromatic heterocycles. The number of carbonyl (C=O) groups is 1. The summed E-state index contributed by atoms with van der Waals surface area (Å²) >= 11 is 1.68. The van der Waals surface area contributed by atoms with Crippen molar-refractivity contribution in [1.29, 1.82) is 0 Å². The number of rotatable bonds is 5. The third kappa shape index (κ3) is 3.64. The Morgan fingerprint density at radius 2 is 2.00 bits per heavy atom. The Hall–Kier alpha value is -2.38. The summed E-state index contributed by atoms with van der Waals surface area (Å²) < 4.78 is 1.89. The van der Waals surface area contributed by atoms with Gasteiger partial charge >= 0.3 is 5.69 Å². The summed E-state index contributed by atoms with van der Waals surface area (Å²) in [5.41, 5.74) is 1.81. The number of aromatic amines is 1. The molecule has 1 amide bonds. The Kier molecular flexibility index (Phi) is 5.37. The van der Waals surface area contributed by atoms with Gasteiger partial charge in [-0.25, -0.2) is 4.79 Å². The number of benzene rings is 1. The number of carbonyl (C=O) groups excluding carboxylic acids is 1. The van der Waals surface area contributed by atoms with Crippen LogP contribution in [-0.2, 0) is 4.79 Å². The van der Waals surface area contributed by atoms with Gasteiger partial charge in [-0.1, -0.05) is 18.2 Å². The number of fused-ring (bicyclic) bond motifs is 1. The summed E-state index contributed by atoms with van der Waals surface area (Å²) in [6.45, 7) is 4.15. The minimum absolute atomic E-state index is 0.0415. The minimum Gasteiger partial charge on any atom is -0.337 e. The molecule has 0 spiro atoms. The van der Waals surface area contributed by atoms with Crippen LogP contribution in [0.4, 0.5) is 0 Å². The topological polar surface area (TPSA) is 61.3 Å². The highest BCUT2D eigenvalue weighted by atomic mass is 32.1. The molecule has 0 aliphatic carbocycles. The number of H-pyrrole nitrogens is 1. The molecule has 1 aliphatic rings. The highest BCUT2D eigenvalue weighted by Gasteiger charge is 2.26. The van der Waals surface area contributed by atoms with E-state index in [0.29, 0.717) is 6.54 Å². The van der Waals surface area contributed by atoms with Gasteiger partial charge in [0, 0.05) is 31.1 Å². The zero-order chi connectivity index (χ0) is 19.7. The SMILES string of the molecule is CC(c1cccs1)N(C)C(=O)CN1CCC(n2c(=O)[nH]c3ccccc32)CC1. The van der Waals surface area contributed by atoms with E-state index >= 15 is 0 Å². The van der Waals surface area contributed by atoms with Gasteiger partial charge in [0.15, 0.2) is 0 Å². The second-order valence-electron chi connectivity index (χ2n) is 7.52. The predicted molar refractivity (Wildman–Crippen MR) is 113 cm³/mol. The molecule has 1 atom stereocenters. The largest absolute Gasteiger partial charge is 0.337 e. The molecule has 1 aromatic carbocycles. The third-order valence-corrected chi connectivity index (χ3v) is 6.88. The average molecular weight is 399 g/mol. The number of amides is 1. The van der Waals surface area contributed by atoms with E-state index in [1.807, 2.05) is 52.2 Å². The van der Waals surface area contributed by atoms with E-state index in [2.05, 4.69) is 22.9 Å². The second kappa shape index (κ2) is 7.93. The smallest absolute Gasteiger partial charge is 0.326 e. The first-order chi connectivity index (χ1) is 13.5. The maximum absolute atomic E-state index is 12.7. The lowest BCUT2D eigenvalue weighted by atomic mass is 10.0. The van der Waals surface area contributed by atoms with Crippen LogP contribution in [0.3, 0.4) is 0 Å². The maximum atomic E-state index is 12.7. The van der Waals surface area contributed by atoms with Gasteiger partial charge in [0.25, 0.3) is 0 Å². The lowest BCUT2D eigenvalue weighted by molar-refractivity contribution is -0.133. The first kappa shape index (κ1) is 19.0. The van der Waals surface area contributed by atoms with Crippen LogP contribution in [0.2, 0.25) is 0 Å². The van der Waals surface area contributed by atoms with Gasteiger partial charge in [0.2, 0.25) is 5.91 Å². The molecule has 1 N–H and O–H groups in total. The molecule has 0 bridgehead atoms. The molecular weight excluding hydrogens is 372 g/mol. The summed E-state index contributed by atoms with van der Waals surface area (Å²) in [5, 5.41) is 2.04. The van der Waals surface area contributed by atoms with E-state index in [1.54, 1.807) is 11.3 Å². The maximum Gasteiger partial charge on any atom is 0.326 e. The van der Waals surface area contributed by atoms with Gasteiger partial charge in [-0.15, -0.1) is 11.3 Å². The highest BCUT2D eigenvalue weighted by molar-refractivity contribution is 7.10. The van der Waals surface area contributed by atoms with Crippen LogP contribution in [0.1, 0.15) is 36.7 Å². The summed E-state index contributed by atoms with van der Waals surface area (Å²) in [4.78, 5) is 33.3. The molecule has 4 rings (SSSR count). The molecule has 3 heterocycles. The van der Waals surface area contributed by atoms with Crippen molar-refractivity contribution in [2.24, 2.45) is 0 Å². The Balaban J connectivity index is 1.37. The molecule has 148 valence electrons. The van der Waals surface area contributed by atoms with Crippen molar-refractivity contribution in [3.05, 3.63) is 57.1 Å². The van der Waals surface area contributed by atoms with E-state index in [0.717, 1.165) is 37.0 Å². The summed E-state index contributed by atoms with van der Waals surface area (Å²) in [6, 6.07) is 12.2. The number of aromatic nitrogens is 2. The number of likely N-dealkylation sites (tertiary alicyclic amines) is 1. The van der Waals surface area contributed by atoms with Gasteiger partial charge in [-0.05, 0) is 43.3 Å². The van der Waals surface area contributed by atoms with Gasteiger partial charge in [0.1, 0.15) is 0 Å². The fraction of sp³-hybridized carbons (Fsp3) is 0.429. The Bertz CT molecular complexity index is 999. The van der Waals surface area contributed by atoms with Gasteiger partial charge in [0.05, 0.1) is 23.6 Å². The molecule has 0 radical (unpaired) electrons. The van der Waals surface area contributed by atoms with E-state index in [-0.39, 0.29) is 23.7 Å². The van der Waals surface area contributed by atoms with Crippen molar-refractivity contribution >= 4 is 28.3 Å². The number of piperidine rings is 1. The van der Waals surface area contributed by atoms with Crippen LogP contribution < -0.4 is 5.69 Å². The Morgan fingerprint density at radius 1 is 1.25 bits per heavy atom. The number of nitrogens with one attached hydrogen (secondary N) is 1. The fourth-order valence-corrected chi connectivity index (χ4v) is 4.84. The van der Waals surface area contributed by atoms with Gasteiger partial charge in [-0.3, -0.25) is 14.3 Å². The van der Waals surface area contributed by atoms with E-state index < -0.39 is 0 Å². The monoisotopic (exact) mass is 398 g/mol. The molecule has 1 fully saturated rings. The number of nitrogens with zero attached hydrogens (tertiary/aromatic N) is 3. The van der Waals surface area contributed by atoms with Crippen molar-refractivity contribution in [2.45, 2.75) is 31.8 Å². The van der Waals surface area contributed by atoms with Crippen molar-refractivity contribution in [1.82, 2.24) is 19.4 Å². The summed E-state index contributed by atoms with van der Waals surface area (Å²) in [5.74, 6) is 0.142. The standard InChI is InChI=1S/C21H26N4O2S/c1-15(19-8-5-13-28-19)23(2)20(26)14-24-11-9-16(10-12-24)25-18-7-4-3-6-17(18)22-21(25)27/h3-8,13,15-16H,9-12,14H2,1-2H3,(H,22,27). The van der Waals surface area contributed by atoms with Crippen LogP contribution in [0.25, 0.3) is 11.0 Å². The predicted octanol–water partition coefficient (Wildman–Crippen LogP) is 3.25. The Morgan fingerprint density at radius 3 is 2.71 bits per heavy atom. The first-order valence-corrected chi connectivity index (χ1v) is 10.6. The second-order valence-corrected chi connectivity index (χ2v) is 8.50. The normalized spacial score (nSPS) is 17.1. The molecule has 1 aliphatic heterocycles. The number of likely N-dealkylation sites (N-methyl/N-ethyl adjacent to an activating group) is 1. The molecule has 7 heteroatoms. The third-order valence-electron chi connectivity index (χ3n) is 5.83. The number of imidazole rings is 1. The molecule has 1 saturated heterocycles. The fourth-order valence-electron chi connectivity index (χ4n) is 4.01. The van der Waals surface area contributed by atoms with E-state index in [9.17, 15) is 9.59 Å². The van der Waals surface area contributed by atoms with Crippen molar-refractivity contribution < 1.29 is 4.79 Å². The Labute approximate surface area is 168 Å². The zero-order valence-corrected chi connectivity index (χ0v) is 17.1. The van der Waals surface area contributed by atoms with Crippen LogP contribution in [-0.4, -0.2) is 51.9 Å². The number of hydrogen-bond donors (Lipinski definition) is 1. The van der Waals surface area contributed by atoms with Crippen LogP contribution in [0, 0.1) is 0 Å². The minimum atomic E-state index is -0.0415. The number of hydrogen-bond acceptors (Lipinski definition) is 4.